The summed E-state index contributed by atoms with van der Waals surface area (Å²) in [6.45, 7) is 1.88. The minimum Gasteiger partial charge on any atom is -0.493 e. The molecule has 37 heavy (non-hydrogen) atoms. The second kappa shape index (κ2) is 9.85. The number of amides is 1. The van der Waals surface area contributed by atoms with Crippen molar-refractivity contribution in [3.63, 3.8) is 0 Å². The molecule has 1 unspecified atom stereocenters. The Morgan fingerprint density at radius 1 is 1.05 bits per heavy atom. The molecule has 3 heterocycles. The third-order valence-electron chi connectivity index (χ3n) is 6.72. The maximum absolute atomic E-state index is 11.8. The molecule has 3 aliphatic rings. The Morgan fingerprint density at radius 2 is 1.78 bits per heavy atom. The molecule has 0 fully saturated rings. The van der Waals surface area contributed by atoms with Crippen LogP contribution in [0.2, 0.25) is 0 Å². The summed E-state index contributed by atoms with van der Waals surface area (Å²) in [5, 5.41) is 0. The van der Waals surface area contributed by atoms with Gasteiger partial charge in [0.25, 0.3) is 0 Å². The molecule has 0 aromatic heterocycles. The number of hydrogen-bond acceptors (Lipinski definition) is 6. The predicted octanol–water partition coefficient (Wildman–Crippen LogP) is 5.24. The maximum Gasteiger partial charge on any atom is 0.416 e. The summed E-state index contributed by atoms with van der Waals surface area (Å²) in [5.74, 6) is 2.60. The molecular weight excluding hydrogens is 489 g/mol. The van der Waals surface area contributed by atoms with Gasteiger partial charge in [-0.1, -0.05) is 36.4 Å². The molecular formula is C27H25F3N2O5. The number of halogens is 3. The van der Waals surface area contributed by atoms with Gasteiger partial charge in [-0.15, -0.1) is 0 Å². The summed E-state index contributed by atoms with van der Waals surface area (Å²) in [6.07, 6.45) is -3.28. The molecule has 0 radical (unpaired) electrons. The minimum absolute atomic E-state index is 0.255. The van der Waals surface area contributed by atoms with E-state index in [2.05, 4.69) is 17.0 Å². The number of ether oxygens (including phenoxy) is 4. The average molecular weight is 515 g/mol. The van der Waals surface area contributed by atoms with E-state index in [4.69, 9.17) is 24.7 Å². The van der Waals surface area contributed by atoms with E-state index in [9.17, 15) is 18.0 Å². The SMILES string of the molecule is COc1ccc2c(c1OC(N)=O)CN1CCc3cc4c(cc3C1C2)OCO4.FC(F)(F)c1ccccc1. The van der Waals surface area contributed by atoms with E-state index < -0.39 is 17.8 Å². The van der Waals surface area contributed by atoms with Crippen molar-refractivity contribution in [2.45, 2.75) is 31.6 Å². The number of fused-ring (bicyclic) bond motifs is 5. The largest absolute Gasteiger partial charge is 0.493 e. The van der Waals surface area contributed by atoms with Crippen molar-refractivity contribution in [1.82, 2.24) is 4.90 Å². The van der Waals surface area contributed by atoms with E-state index in [-0.39, 0.29) is 12.8 Å². The molecule has 1 atom stereocenters. The lowest BCUT2D eigenvalue weighted by atomic mass is 9.83. The highest BCUT2D eigenvalue weighted by atomic mass is 19.4. The molecule has 0 aliphatic carbocycles. The number of primary amides is 1. The van der Waals surface area contributed by atoms with Crippen LogP contribution in [0.3, 0.4) is 0 Å². The van der Waals surface area contributed by atoms with Crippen molar-refractivity contribution in [2.75, 3.05) is 20.4 Å². The maximum atomic E-state index is 11.8. The molecule has 3 aliphatic heterocycles. The second-order valence-electron chi connectivity index (χ2n) is 8.86. The summed E-state index contributed by atoms with van der Waals surface area (Å²) in [4.78, 5) is 13.8. The number of carbonyl (C=O) groups excluding carboxylic acids is 1. The molecule has 10 heteroatoms. The number of alkyl halides is 3. The Bertz CT molecular complexity index is 1310. The van der Waals surface area contributed by atoms with Crippen LogP contribution in [0.5, 0.6) is 23.0 Å². The number of benzene rings is 3. The number of hydrogen-bond donors (Lipinski definition) is 1. The van der Waals surface area contributed by atoms with Gasteiger partial charge in [-0.25, -0.2) is 4.79 Å². The lowest BCUT2D eigenvalue weighted by Gasteiger charge is -2.41. The summed E-state index contributed by atoms with van der Waals surface area (Å²) in [6, 6.07) is 14.7. The van der Waals surface area contributed by atoms with E-state index in [1.807, 2.05) is 12.1 Å². The number of nitrogens with zero attached hydrogens (tertiary/aromatic N) is 1. The molecule has 1 amide bonds. The number of carbonyl (C=O) groups is 1. The van der Waals surface area contributed by atoms with Gasteiger partial charge < -0.3 is 24.7 Å². The van der Waals surface area contributed by atoms with Crippen molar-refractivity contribution in [2.24, 2.45) is 5.73 Å². The first kappa shape index (κ1) is 24.8. The van der Waals surface area contributed by atoms with E-state index in [0.717, 1.165) is 54.1 Å². The van der Waals surface area contributed by atoms with Crippen LogP contribution in [-0.2, 0) is 25.6 Å². The predicted molar refractivity (Wildman–Crippen MR) is 128 cm³/mol. The molecule has 0 saturated carbocycles. The molecule has 0 spiro atoms. The third kappa shape index (κ3) is 5.01. The molecule has 0 bridgehead atoms. The van der Waals surface area contributed by atoms with Crippen LogP contribution in [0.1, 0.15) is 33.9 Å². The van der Waals surface area contributed by atoms with E-state index in [0.29, 0.717) is 18.0 Å². The summed E-state index contributed by atoms with van der Waals surface area (Å²) in [5.41, 5.74) is 9.37. The minimum atomic E-state index is -4.21. The van der Waals surface area contributed by atoms with E-state index >= 15 is 0 Å². The quantitative estimate of drug-likeness (QED) is 0.504. The molecule has 6 rings (SSSR count). The smallest absolute Gasteiger partial charge is 0.416 e. The highest BCUT2D eigenvalue weighted by Crippen LogP contribution is 2.46. The topological polar surface area (TPSA) is 83.3 Å². The fourth-order valence-corrected chi connectivity index (χ4v) is 4.99. The van der Waals surface area contributed by atoms with E-state index in [1.165, 1.54) is 23.3 Å². The van der Waals surface area contributed by atoms with Gasteiger partial charge in [-0.2, -0.15) is 13.2 Å². The van der Waals surface area contributed by atoms with Gasteiger partial charge in [0.1, 0.15) is 0 Å². The molecule has 3 aromatic rings. The van der Waals surface area contributed by atoms with Crippen molar-refractivity contribution < 1.29 is 36.9 Å². The first-order valence-corrected chi connectivity index (χ1v) is 11.7. The lowest BCUT2D eigenvalue weighted by Crippen LogP contribution is -2.39. The third-order valence-corrected chi connectivity index (χ3v) is 6.72. The number of rotatable bonds is 2. The Kier molecular flexibility index (Phi) is 6.59. The highest BCUT2D eigenvalue weighted by molar-refractivity contribution is 5.71. The van der Waals surface area contributed by atoms with Crippen molar-refractivity contribution >= 4 is 6.09 Å². The van der Waals surface area contributed by atoms with Crippen LogP contribution in [0.25, 0.3) is 0 Å². The van der Waals surface area contributed by atoms with Gasteiger partial charge in [-0.3, -0.25) is 4.90 Å². The van der Waals surface area contributed by atoms with Gasteiger partial charge in [0.05, 0.1) is 12.7 Å². The van der Waals surface area contributed by atoms with E-state index in [1.54, 1.807) is 13.2 Å². The van der Waals surface area contributed by atoms with Crippen LogP contribution in [0, 0.1) is 0 Å². The molecule has 3 aromatic carbocycles. The van der Waals surface area contributed by atoms with Crippen molar-refractivity contribution in [1.29, 1.82) is 0 Å². The summed E-state index contributed by atoms with van der Waals surface area (Å²) >= 11 is 0. The van der Waals surface area contributed by atoms with Crippen LogP contribution in [0.4, 0.5) is 18.0 Å². The van der Waals surface area contributed by atoms with Gasteiger partial charge in [-0.05, 0) is 47.7 Å². The Morgan fingerprint density at radius 3 is 2.43 bits per heavy atom. The summed E-state index contributed by atoms with van der Waals surface area (Å²) < 4.78 is 57.1. The second-order valence-corrected chi connectivity index (χ2v) is 8.86. The summed E-state index contributed by atoms with van der Waals surface area (Å²) in [7, 11) is 1.56. The highest BCUT2D eigenvalue weighted by Gasteiger charge is 2.36. The van der Waals surface area contributed by atoms with Crippen LogP contribution in [0.15, 0.2) is 54.6 Å². The van der Waals surface area contributed by atoms with Gasteiger partial charge in [0.15, 0.2) is 23.0 Å². The zero-order chi connectivity index (χ0) is 26.2. The first-order chi connectivity index (χ1) is 17.7. The number of nitrogens with two attached hydrogens (primary N) is 1. The molecule has 194 valence electrons. The number of methoxy groups -OCH3 is 1. The zero-order valence-electron chi connectivity index (χ0n) is 20.0. The lowest BCUT2D eigenvalue weighted by molar-refractivity contribution is -0.137. The monoisotopic (exact) mass is 514 g/mol. The molecule has 0 saturated heterocycles. The van der Waals surface area contributed by atoms with Crippen LogP contribution >= 0.6 is 0 Å². The van der Waals surface area contributed by atoms with Gasteiger partial charge in [0, 0.05) is 24.7 Å². The molecule has 7 nitrogen and oxygen atoms in total. The van der Waals surface area contributed by atoms with Crippen LogP contribution < -0.4 is 24.7 Å². The average Bonchev–Trinajstić information content (AvgIpc) is 3.34. The van der Waals surface area contributed by atoms with Gasteiger partial charge >= 0.3 is 12.3 Å². The normalized spacial score (nSPS) is 17.5. The Hall–Kier alpha value is -3.92. The molecule has 2 N–H and O–H groups in total. The Balaban J connectivity index is 0.000000237. The van der Waals surface area contributed by atoms with Crippen LogP contribution in [-0.4, -0.2) is 31.4 Å². The van der Waals surface area contributed by atoms with Crippen molar-refractivity contribution in [3.8, 4) is 23.0 Å². The van der Waals surface area contributed by atoms with Gasteiger partial charge in [0.2, 0.25) is 6.79 Å². The standard InChI is InChI=1S/C20H20N2O5.C7H5F3/c1-24-16-3-2-11-6-15-13-8-18-17(25-10-26-18)7-12(13)4-5-22(15)9-14(11)19(16)27-20(21)23;8-7(9,10)6-4-2-1-3-5-6/h2-3,7-8,15H,4-6,9-10H2,1H3,(H2,21,23);1-5H. The zero-order valence-corrected chi connectivity index (χ0v) is 20.0. The fraction of sp³-hybridized carbons (Fsp3) is 0.296. The Labute approximate surface area is 211 Å². The van der Waals surface area contributed by atoms with Crippen molar-refractivity contribution in [3.05, 3.63) is 82.4 Å². The first-order valence-electron chi connectivity index (χ1n) is 11.7. The fourth-order valence-electron chi connectivity index (χ4n) is 4.99.